The number of nitrogens with zero attached hydrogens (tertiary/aromatic N) is 1. The zero-order chi connectivity index (χ0) is 15.3. The fourth-order valence-electron chi connectivity index (χ4n) is 2.05. The van der Waals surface area contributed by atoms with Gasteiger partial charge in [-0.3, -0.25) is 4.79 Å². The first-order valence-corrected chi connectivity index (χ1v) is 6.16. The summed E-state index contributed by atoms with van der Waals surface area (Å²) >= 11 is 0. The van der Waals surface area contributed by atoms with Crippen molar-refractivity contribution in [3.05, 3.63) is 0 Å². The average molecular weight is 300 g/mol. The highest BCUT2D eigenvalue weighted by Crippen LogP contribution is 2.23. The van der Waals surface area contributed by atoms with E-state index in [1.54, 1.807) is 5.32 Å². The highest BCUT2D eigenvalue weighted by atomic mass is 19.3. The fourth-order valence-corrected chi connectivity index (χ4v) is 2.05. The summed E-state index contributed by atoms with van der Waals surface area (Å²) in [5.41, 5.74) is 0. The van der Waals surface area contributed by atoms with Crippen molar-refractivity contribution < 1.29 is 32.3 Å². The molecule has 0 aromatic heterocycles. The zero-order valence-electron chi connectivity index (χ0n) is 10.6. The van der Waals surface area contributed by atoms with E-state index in [9.17, 15) is 27.2 Å². The maximum Gasteiger partial charge on any atom is 0.324 e. The lowest BCUT2D eigenvalue weighted by Gasteiger charge is -2.35. The van der Waals surface area contributed by atoms with Crippen LogP contribution in [-0.4, -0.2) is 53.5 Å². The standard InChI is InChI=1S/C11H16F4N2O3/c12-9(13)11(14,15)6-16-10(20)17-4-2-1-3-7(17)5-8(18)19/h7,9H,1-6H2,(H,16,20)(H,18,19). The lowest BCUT2D eigenvalue weighted by atomic mass is 10.00. The molecule has 0 spiro atoms. The van der Waals surface area contributed by atoms with Crippen LogP contribution in [0.4, 0.5) is 22.4 Å². The number of nitrogens with one attached hydrogen (secondary N) is 1. The molecular formula is C11H16F4N2O3. The number of carbonyl (C=O) groups excluding carboxylic acids is 1. The van der Waals surface area contributed by atoms with E-state index in [0.29, 0.717) is 12.8 Å². The third-order valence-corrected chi connectivity index (χ3v) is 3.09. The van der Waals surface area contributed by atoms with Gasteiger partial charge in [0, 0.05) is 12.6 Å². The molecule has 0 radical (unpaired) electrons. The molecule has 1 heterocycles. The highest BCUT2D eigenvalue weighted by Gasteiger charge is 2.41. The minimum absolute atomic E-state index is 0.226. The van der Waals surface area contributed by atoms with Crippen LogP contribution in [0.1, 0.15) is 25.7 Å². The van der Waals surface area contributed by atoms with Crippen LogP contribution >= 0.6 is 0 Å². The second-order valence-corrected chi connectivity index (χ2v) is 4.66. The smallest absolute Gasteiger partial charge is 0.324 e. The minimum atomic E-state index is -4.30. The molecule has 0 aromatic rings. The van der Waals surface area contributed by atoms with Crippen LogP contribution in [0, 0.1) is 0 Å². The fraction of sp³-hybridized carbons (Fsp3) is 0.818. The van der Waals surface area contributed by atoms with Crippen LogP contribution in [0.5, 0.6) is 0 Å². The molecule has 20 heavy (non-hydrogen) atoms. The number of urea groups is 1. The van der Waals surface area contributed by atoms with Crippen molar-refractivity contribution in [2.45, 2.75) is 44.1 Å². The molecule has 1 rings (SSSR count). The van der Waals surface area contributed by atoms with Crippen LogP contribution in [0.2, 0.25) is 0 Å². The average Bonchev–Trinajstić information content (AvgIpc) is 2.36. The molecule has 0 aliphatic carbocycles. The Kier molecular flexibility index (Phi) is 5.58. The Morgan fingerprint density at radius 3 is 2.55 bits per heavy atom. The Labute approximate surface area is 112 Å². The number of likely N-dealkylation sites (tertiary alicyclic amines) is 1. The molecular weight excluding hydrogens is 284 g/mol. The number of hydrogen-bond donors (Lipinski definition) is 2. The third-order valence-electron chi connectivity index (χ3n) is 3.09. The molecule has 5 nitrogen and oxygen atoms in total. The molecule has 1 fully saturated rings. The van der Waals surface area contributed by atoms with E-state index in [1.807, 2.05) is 0 Å². The van der Waals surface area contributed by atoms with Gasteiger partial charge < -0.3 is 15.3 Å². The number of amides is 2. The Morgan fingerprint density at radius 1 is 1.35 bits per heavy atom. The molecule has 2 amide bonds. The topological polar surface area (TPSA) is 69.6 Å². The number of rotatable bonds is 5. The van der Waals surface area contributed by atoms with Gasteiger partial charge in [-0.1, -0.05) is 0 Å². The van der Waals surface area contributed by atoms with Gasteiger partial charge >= 0.3 is 24.3 Å². The summed E-state index contributed by atoms with van der Waals surface area (Å²) in [5, 5.41) is 10.5. The third kappa shape index (κ3) is 4.53. The van der Waals surface area contributed by atoms with Crippen molar-refractivity contribution in [1.29, 1.82) is 0 Å². The van der Waals surface area contributed by atoms with Crippen molar-refractivity contribution in [2.75, 3.05) is 13.1 Å². The first-order valence-electron chi connectivity index (χ1n) is 6.16. The Hall–Kier alpha value is -1.54. The van der Waals surface area contributed by atoms with Crippen LogP contribution in [-0.2, 0) is 4.79 Å². The summed E-state index contributed by atoms with van der Waals surface area (Å²) in [6.45, 7) is -1.25. The van der Waals surface area contributed by atoms with E-state index in [0.717, 1.165) is 11.3 Å². The number of aliphatic carboxylic acids is 1. The Balaban J connectivity index is 2.57. The zero-order valence-corrected chi connectivity index (χ0v) is 10.6. The van der Waals surface area contributed by atoms with E-state index < -0.39 is 36.9 Å². The molecule has 1 aliphatic heterocycles. The predicted octanol–water partition coefficient (Wildman–Crippen LogP) is 1.93. The first kappa shape index (κ1) is 16.5. The lowest BCUT2D eigenvalue weighted by Crippen LogP contribution is -2.52. The largest absolute Gasteiger partial charge is 0.481 e. The molecule has 0 bridgehead atoms. The Morgan fingerprint density at radius 2 is 2.00 bits per heavy atom. The second-order valence-electron chi connectivity index (χ2n) is 4.66. The molecule has 2 N–H and O–H groups in total. The lowest BCUT2D eigenvalue weighted by molar-refractivity contribution is -0.138. The van der Waals surface area contributed by atoms with Gasteiger partial charge in [-0.15, -0.1) is 0 Å². The molecule has 0 aromatic carbocycles. The molecule has 1 atom stereocenters. The number of carbonyl (C=O) groups is 2. The normalized spacial score (nSPS) is 20.1. The second kappa shape index (κ2) is 6.76. The van der Waals surface area contributed by atoms with Gasteiger partial charge in [0.15, 0.2) is 0 Å². The molecule has 1 saturated heterocycles. The summed E-state index contributed by atoms with van der Waals surface area (Å²) in [5.74, 6) is -5.40. The van der Waals surface area contributed by atoms with Gasteiger partial charge in [-0.2, -0.15) is 8.78 Å². The van der Waals surface area contributed by atoms with Gasteiger partial charge in [-0.05, 0) is 19.3 Å². The number of hydrogen-bond acceptors (Lipinski definition) is 2. The number of carboxylic acid groups (broad SMARTS) is 1. The molecule has 9 heteroatoms. The number of piperidine rings is 1. The maximum atomic E-state index is 12.7. The summed E-state index contributed by atoms with van der Waals surface area (Å²) in [4.78, 5) is 23.5. The number of halogens is 4. The van der Waals surface area contributed by atoms with Gasteiger partial charge in [0.05, 0.1) is 13.0 Å². The highest BCUT2D eigenvalue weighted by molar-refractivity contribution is 5.76. The molecule has 0 saturated carbocycles. The first-order chi connectivity index (χ1) is 9.24. The summed E-state index contributed by atoms with van der Waals surface area (Å²) < 4.78 is 49.3. The van der Waals surface area contributed by atoms with Gasteiger partial charge in [0.1, 0.15) is 0 Å². The summed E-state index contributed by atoms with van der Waals surface area (Å²) in [6.07, 6.45) is -2.35. The minimum Gasteiger partial charge on any atom is -0.481 e. The van der Waals surface area contributed by atoms with Crippen LogP contribution < -0.4 is 5.32 Å². The summed E-state index contributed by atoms with van der Waals surface area (Å²) in [6, 6.07) is -1.53. The SMILES string of the molecule is O=C(O)CC1CCCCN1C(=O)NCC(F)(F)C(F)F. The van der Waals surface area contributed by atoms with Crippen LogP contribution in [0.25, 0.3) is 0 Å². The van der Waals surface area contributed by atoms with Crippen LogP contribution in [0.15, 0.2) is 0 Å². The number of alkyl halides is 4. The van der Waals surface area contributed by atoms with Crippen LogP contribution in [0.3, 0.4) is 0 Å². The van der Waals surface area contributed by atoms with E-state index in [-0.39, 0.29) is 13.0 Å². The van der Waals surface area contributed by atoms with E-state index in [2.05, 4.69) is 0 Å². The van der Waals surface area contributed by atoms with Crippen molar-refractivity contribution >= 4 is 12.0 Å². The van der Waals surface area contributed by atoms with E-state index in [4.69, 9.17) is 5.11 Å². The van der Waals surface area contributed by atoms with Gasteiger partial charge in [0.25, 0.3) is 0 Å². The van der Waals surface area contributed by atoms with Crippen molar-refractivity contribution in [3.8, 4) is 0 Å². The van der Waals surface area contributed by atoms with Crippen molar-refractivity contribution in [3.63, 3.8) is 0 Å². The molecule has 1 unspecified atom stereocenters. The molecule has 116 valence electrons. The van der Waals surface area contributed by atoms with Gasteiger partial charge in [-0.25, -0.2) is 13.6 Å². The maximum absolute atomic E-state index is 12.7. The number of carboxylic acids is 1. The van der Waals surface area contributed by atoms with Crippen molar-refractivity contribution in [2.24, 2.45) is 0 Å². The molecule has 1 aliphatic rings. The van der Waals surface area contributed by atoms with E-state index >= 15 is 0 Å². The Bertz CT molecular complexity index is 366. The van der Waals surface area contributed by atoms with E-state index in [1.165, 1.54) is 0 Å². The van der Waals surface area contributed by atoms with Crippen molar-refractivity contribution in [1.82, 2.24) is 10.2 Å². The predicted molar refractivity (Wildman–Crippen MR) is 60.9 cm³/mol. The summed E-state index contributed by atoms with van der Waals surface area (Å²) in [7, 11) is 0. The monoisotopic (exact) mass is 300 g/mol. The quantitative estimate of drug-likeness (QED) is 0.762. The van der Waals surface area contributed by atoms with Gasteiger partial charge in [0.2, 0.25) is 0 Å².